The number of rotatable bonds is 1. The summed E-state index contributed by atoms with van der Waals surface area (Å²) in [5, 5.41) is 0. The van der Waals surface area contributed by atoms with Crippen molar-refractivity contribution in [1.29, 1.82) is 0 Å². The smallest absolute Gasteiger partial charge is 0.125 e. The van der Waals surface area contributed by atoms with Gasteiger partial charge in [-0.15, -0.1) is 0 Å². The Bertz CT molecular complexity index is 288. The molecule has 2 unspecified atom stereocenters. The van der Waals surface area contributed by atoms with E-state index >= 15 is 0 Å². The van der Waals surface area contributed by atoms with Crippen molar-refractivity contribution in [2.45, 2.75) is 45.2 Å². The van der Waals surface area contributed by atoms with Crippen molar-refractivity contribution < 1.29 is 0 Å². The lowest BCUT2D eigenvalue weighted by Crippen LogP contribution is -2.19. The molecule has 0 amide bonds. The van der Waals surface area contributed by atoms with Crippen LogP contribution >= 0.6 is 0 Å². The molecule has 2 rings (SSSR count). The summed E-state index contributed by atoms with van der Waals surface area (Å²) < 4.78 is 2.29. The van der Waals surface area contributed by atoms with Gasteiger partial charge < -0.3 is 10.3 Å². The molecule has 1 aromatic heterocycles. The van der Waals surface area contributed by atoms with Gasteiger partial charge in [-0.2, -0.15) is 0 Å². The highest BCUT2D eigenvalue weighted by atomic mass is 15.1. The van der Waals surface area contributed by atoms with Crippen LogP contribution in [0, 0.1) is 0 Å². The van der Waals surface area contributed by atoms with Crippen LogP contribution in [0.15, 0.2) is 6.20 Å². The van der Waals surface area contributed by atoms with Gasteiger partial charge in [-0.25, -0.2) is 4.98 Å². The number of hydrogen-bond donors (Lipinski definition) is 1. The third-order valence-electron chi connectivity index (χ3n) is 2.85. The van der Waals surface area contributed by atoms with Crippen LogP contribution in [0.2, 0.25) is 0 Å². The minimum Gasteiger partial charge on any atom is -0.330 e. The first-order valence-electron chi connectivity index (χ1n) is 5.01. The van der Waals surface area contributed by atoms with Crippen LogP contribution in [-0.2, 0) is 6.54 Å². The minimum atomic E-state index is 0.0547. The first kappa shape index (κ1) is 8.75. The molecule has 3 nitrogen and oxygen atoms in total. The summed E-state index contributed by atoms with van der Waals surface area (Å²) in [6.45, 7) is 5.35. The van der Waals surface area contributed by atoms with E-state index in [-0.39, 0.29) is 6.04 Å². The molecular weight excluding hydrogens is 162 g/mol. The van der Waals surface area contributed by atoms with Gasteiger partial charge in [0.05, 0.1) is 6.04 Å². The van der Waals surface area contributed by atoms with Crippen LogP contribution in [-0.4, -0.2) is 9.55 Å². The molecule has 0 saturated carbocycles. The Morgan fingerprint density at radius 2 is 2.46 bits per heavy atom. The molecule has 0 radical (unpaired) electrons. The van der Waals surface area contributed by atoms with E-state index in [1.54, 1.807) is 0 Å². The fourth-order valence-corrected chi connectivity index (χ4v) is 2.11. The van der Waals surface area contributed by atoms with Crippen molar-refractivity contribution in [2.24, 2.45) is 5.73 Å². The number of nitrogens with two attached hydrogens (primary N) is 1. The summed E-state index contributed by atoms with van der Waals surface area (Å²) in [5.41, 5.74) is 7.20. The molecule has 0 fully saturated rings. The van der Waals surface area contributed by atoms with Gasteiger partial charge in [0.2, 0.25) is 0 Å². The Labute approximate surface area is 79.0 Å². The van der Waals surface area contributed by atoms with Crippen LogP contribution in [0.3, 0.4) is 0 Å². The third-order valence-corrected chi connectivity index (χ3v) is 2.85. The molecule has 2 heterocycles. The molecule has 0 bridgehead atoms. The maximum absolute atomic E-state index is 5.84. The predicted octanol–water partition coefficient (Wildman–Crippen LogP) is 1.80. The molecule has 0 saturated heterocycles. The third kappa shape index (κ3) is 1.37. The number of nitrogens with zero attached hydrogens (tertiary/aromatic N) is 2. The summed E-state index contributed by atoms with van der Waals surface area (Å²) in [6, 6.07) is 0.0547. The number of aromatic nitrogens is 2. The highest BCUT2D eigenvalue weighted by Crippen LogP contribution is 2.28. The van der Waals surface area contributed by atoms with Gasteiger partial charge in [-0.3, -0.25) is 0 Å². The van der Waals surface area contributed by atoms with Gasteiger partial charge in [0.15, 0.2) is 0 Å². The zero-order valence-corrected chi connectivity index (χ0v) is 8.33. The summed E-state index contributed by atoms with van der Waals surface area (Å²) in [5.74, 6) is 1.69. The van der Waals surface area contributed by atoms with Crippen LogP contribution in [0.25, 0.3) is 0 Å². The maximum Gasteiger partial charge on any atom is 0.125 e. The zero-order valence-electron chi connectivity index (χ0n) is 8.33. The van der Waals surface area contributed by atoms with Crippen molar-refractivity contribution in [2.75, 3.05) is 0 Å². The van der Waals surface area contributed by atoms with E-state index in [0.717, 1.165) is 12.4 Å². The topological polar surface area (TPSA) is 43.8 Å². The van der Waals surface area contributed by atoms with Crippen molar-refractivity contribution >= 4 is 0 Å². The SMILES string of the molecule is CC(N)c1ncc2n1CCCC2C. The molecule has 0 aromatic carbocycles. The lowest BCUT2D eigenvalue weighted by molar-refractivity contribution is 0.455. The summed E-state index contributed by atoms with van der Waals surface area (Å²) in [4.78, 5) is 4.39. The van der Waals surface area contributed by atoms with Crippen LogP contribution in [0.1, 0.15) is 50.2 Å². The number of imidazole rings is 1. The molecule has 1 aliphatic rings. The van der Waals surface area contributed by atoms with Crippen molar-refractivity contribution in [1.82, 2.24) is 9.55 Å². The average Bonchev–Trinajstić information content (AvgIpc) is 2.48. The minimum absolute atomic E-state index is 0.0547. The van der Waals surface area contributed by atoms with Gasteiger partial charge >= 0.3 is 0 Å². The van der Waals surface area contributed by atoms with Gasteiger partial charge in [0.1, 0.15) is 5.82 Å². The van der Waals surface area contributed by atoms with E-state index in [1.807, 2.05) is 13.1 Å². The summed E-state index contributed by atoms with van der Waals surface area (Å²) >= 11 is 0. The molecular formula is C10H17N3. The van der Waals surface area contributed by atoms with Crippen molar-refractivity contribution in [3.63, 3.8) is 0 Å². The van der Waals surface area contributed by atoms with E-state index in [1.165, 1.54) is 18.5 Å². The summed E-state index contributed by atoms with van der Waals surface area (Å²) in [6.07, 6.45) is 4.52. The first-order chi connectivity index (χ1) is 6.20. The second kappa shape index (κ2) is 3.14. The molecule has 1 aliphatic heterocycles. The average molecular weight is 179 g/mol. The van der Waals surface area contributed by atoms with Crippen LogP contribution < -0.4 is 5.73 Å². The standard InChI is InChI=1S/C10H17N3/c1-7-4-3-5-13-9(7)6-12-10(13)8(2)11/h6-8H,3-5,11H2,1-2H3. The Morgan fingerprint density at radius 3 is 3.15 bits per heavy atom. The maximum atomic E-state index is 5.84. The van der Waals surface area contributed by atoms with Crippen molar-refractivity contribution in [3.05, 3.63) is 17.7 Å². The lowest BCUT2D eigenvalue weighted by atomic mass is 9.99. The second-order valence-electron chi connectivity index (χ2n) is 4.02. The van der Waals surface area contributed by atoms with Crippen molar-refractivity contribution in [3.8, 4) is 0 Å². The van der Waals surface area contributed by atoms with Gasteiger partial charge in [0, 0.05) is 18.4 Å². The van der Waals surface area contributed by atoms with E-state index in [9.17, 15) is 0 Å². The normalized spacial score (nSPS) is 24.1. The molecule has 2 N–H and O–H groups in total. The molecule has 13 heavy (non-hydrogen) atoms. The fourth-order valence-electron chi connectivity index (χ4n) is 2.11. The highest BCUT2D eigenvalue weighted by molar-refractivity contribution is 5.14. The molecule has 2 atom stereocenters. The Hall–Kier alpha value is -0.830. The van der Waals surface area contributed by atoms with Gasteiger partial charge in [0.25, 0.3) is 0 Å². The Balaban J connectivity index is 2.41. The summed E-state index contributed by atoms with van der Waals surface area (Å²) in [7, 11) is 0. The molecule has 1 aromatic rings. The van der Waals surface area contributed by atoms with Crippen LogP contribution in [0.4, 0.5) is 0 Å². The fraction of sp³-hybridized carbons (Fsp3) is 0.700. The second-order valence-corrected chi connectivity index (χ2v) is 4.02. The zero-order chi connectivity index (χ0) is 9.42. The Morgan fingerprint density at radius 1 is 1.69 bits per heavy atom. The molecule has 72 valence electrons. The lowest BCUT2D eigenvalue weighted by Gasteiger charge is -2.22. The largest absolute Gasteiger partial charge is 0.330 e. The molecule has 0 aliphatic carbocycles. The molecule has 0 spiro atoms. The number of fused-ring (bicyclic) bond motifs is 1. The number of hydrogen-bond acceptors (Lipinski definition) is 2. The van der Waals surface area contributed by atoms with E-state index in [4.69, 9.17) is 5.73 Å². The van der Waals surface area contributed by atoms with Crippen LogP contribution in [0.5, 0.6) is 0 Å². The van der Waals surface area contributed by atoms with Gasteiger partial charge in [-0.1, -0.05) is 6.92 Å². The highest BCUT2D eigenvalue weighted by Gasteiger charge is 2.20. The monoisotopic (exact) mass is 179 g/mol. The predicted molar refractivity (Wildman–Crippen MR) is 52.5 cm³/mol. The Kier molecular flexibility index (Phi) is 2.12. The first-order valence-corrected chi connectivity index (χ1v) is 5.01. The van der Waals surface area contributed by atoms with E-state index < -0.39 is 0 Å². The van der Waals surface area contributed by atoms with E-state index in [2.05, 4.69) is 16.5 Å². The quantitative estimate of drug-likeness (QED) is 0.714. The molecule has 3 heteroatoms. The van der Waals surface area contributed by atoms with E-state index in [0.29, 0.717) is 5.92 Å². The van der Waals surface area contributed by atoms with Gasteiger partial charge in [-0.05, 0) is 25.7 Å².